The van der Waals surface area contributed by atoms with Crippen LogP contribution in [0.4, 0.5) is 5.69 Å². The van der Waals surface area contributed by atoms with Crippen LogP contribution in [-0.2, 0) is 11.3 Å². The predicted octanol–water partition coefficient (Wildman–Crippen LogP) is 3.51. The Labute approximate surface area is 151 Å². The van der Waals surface area contributed by atoms with Gasteiger partial charge < -0.3 is 14.8 Å². The number of nitriles is 1. The van der Waals surface area contributed by atoms with Crippen LogP contribution in [0.25, 0.3) is 10.9 Å². The lowest BCUT2D eigenvalue weighted by Crippen LogP contribution is -2.07. The minimum absolute atomic E-state index is 0.356. The average molecular weight is 347 g/mol. The monoisotopic (exact) mass is 347 g/mol. The van der Waals surface area contributed by atoms with Gasteiger partial charge in [-0.3, -0.25) is 4.98 Å². The maximum atomic E-state index is 11.9. The molecule has 1 N–H and O–H groups in total. The summed E-state index contributed by atoms with van der Waals surface area (Å²) >= 11 is 0. The molecule has 0 saturated carbocycles. The van der Waals surface area contributed by atoms with Gasteiger partial charge in [-0.1, -0.05) is 24.3 Å². The molecule has 3 rings (SSSR count). The average Bonchev–Trinajstić information content (AvgIpc) is 2.70. The number of pyridine rings is 1. The number of ether oxygens (including phenoxy) is 2. The number of carbonyl (C=O) groups is 1. The maximum absolute atomic E-state index is 11.9. The highest BCUT2D eigenvalue weighted by Gasteiger charge is 2.14. The SMILES string of the molecule is COC(=O)c1cc(CNc2c(C#N)cnc3ccccc23)ccc1OC. The summed E-state index contributed by atoms with van der Waals surface area (Å²) in [5.74, 6) is -0.0107. The number of fused-ring (bicyclic) bond motifs is 1. The summed E-state index contributed by atoms with van der Waals surface area (Å²) in [5.41, 5.74) is 3.20. The van der Waals surface area contributed by atoms with Gasteiger partial charge in [0.25, 0.3) is 0 Å². The number of methoxy groups -OCH3 is 2. The van der Waals surface area contributed by atoms with Crippen molar-refractivity contribution in [2.75, 3.05) is 19.5 Å². The van der Waals surface area contributed by atoms with Crippen LogP contribution in [0.5, 0.6) is 5.75 Å². The zero-order chi connectivity index (χ0) is 18.5. The van der Waals surface area contributed by atoms with Crippen LogP contribution in [0.2, 0.25) is 0 Å². The van der Waals surface area contributed by atoms with Gasteiger partial charge in [0.2, 0.25) is 0 Å². The number of aromatic nitrogens is 1. The van der Waals surface area contributed by atoms with E-state index in [1.54, 1.807) is 18.3 Å². The molecule has 0 fully saturated rings. The van der Waals surface area contributed by atoms with Crippen LogP contribution in [0.3, 0.4) is 0 Å². The molecule has 3 aromatic rings. The molecule has 0 radical (unpaired) electrons. The first-order chi connectivity index (χ1) is 12.7. The zero-order valence-electron chi connectivity index (χ0n) is 14.4. The second kappa shape index (κ2) is 7.53. The van der Waals surface area contributed by atoms with Gasteiger partial charge >= 0.3 is 5.97 Å². The number of nitrogens with zero attached hydrogens (tertiary/aromatic N) is 2. The van der Waals surface area contributed by atoms with E-state index in [2.05, 4.69) is 16.4 Å². The molecule has 6 heteroatoms. The fraction of sp³-hybridized carbons (Fsp3) is 0.150. The van der Waals surface area contributed by atoms with Crippen LogP contribution >= 0.6 is 0 Å². The summed E-state index contributed by atoms with van der Waals surface area (Å²) < 4.78 is 10.0. The Balaban J connectivity index is 1.94. The zero-order valence-corrected chi connectivity index (χ0v) is 14.4. The number of carbonyl (C=O) groups excluding carboxylic acids is 1. The van der Waals surface area contributed by atoms with Gasteiger partial charge in [0, 0.05) is 18.1 Å². The van der Waals surface area contributed by atoms with E-state index in [9.17, 15) is 10.1 Å². The van der Waals surface area contributed by atoms with Crippen molar-refractivity contribution in [2.24, 2.45) is 0 Å². The molecule has 2 aromatic carbocycles. The number of anilines is 1. The van der Waals surface area contributed by atoms with E-state index in [0.717, 1.165) is 16.5 Å². The van der Waals surface area contributed by atoms with Crippen LogP contribution in [0.15, 0.2) is 48.7 Å². The van der Waals surface area contributed by atoms with Crippen molar-refractivity contribution in [3.63, 3.8) is 0 Å². The lowest BCUT2D eigenvalue weighted by Gasteiger charge is -2.13. The molecular weight excluding hydrogens is 330 g/mol. The first-order valence-corrected chi connectivity index (χ1v) is 7.95. The third-order valence-corrected chi connectivity index (χ3v) is 4.03. The molecule has 0 atom stereocenters. The quantitative estimate of drug-likeness (QED) is 0.711. The van der Waals surface area contributed by atoms with E-state index in [1.807, 2.05) is 30.3 Å². The Morgan fingerprint density at radius 1 is 1.23 bits per heavy atom. The largest absolute Gasteiger partial charge is 0.496 e. The smallest absolute Gasteiger partial charge is 0.341 e. The van der Waals surface area contributed by atoms with E-state index in [0.29, 0.717) is 29.1 Å². The van der Waals surface area contributed by atoms with Crippen LogP contribution < -0.4 is 10.1 Å². The molecule has 0 saturated heterocycles. The molecular formula is C20H17N3O3. The number of hydrogen-bond donors (Lipinski definition) is 1. The Morgan fingerprint density at radius 3 is 2.77 bits per heavy atom. The Morgan fingerprint density at radius 2 is 2.04 bits per heavy atom. The van der Waals surface area contributed by atoms with Gasteiger partial charge in [-0.05, 0) is 23.8 Å². The first kappa shape index (κ1) is 17.2. The number of hydrogen-bond acceptors (Lipinski definition) is 6. The van der Waals surface area contributed by atoms with Crippen molar-refractivity contribution >= 4 is 22.6 Å². The molecule has 0 bridgehead atoms. The van der Waals surface area contributed by atoms with Gasteiger partial charge in [-0.25, -0.2) is 4.79 Å². The molecule has 0 aliphatic carbocycles. The van der Waals surface area contributed by atoms with Crippen molar-refractivity contribution < 1.29 is 14.3 Å². The summed E-state index contributed by atoms with van der Waals surface area (Å²) in [7, 11) is 2.83. The molecule has 130 valence electrons. The van der Waals surface area contributed by atoms with Crippen molar-refractivity contribution in [1.29, 1.82) is 5.26 Å². The van der Waals surface area contributed by atoms with E-state index >= 15 is 0 Å². The second-order valence-electron chi connectivity index (χ2n) is 5.56. The summed E-state index contributed by atoms with van der Waals surface area (Å²) in [5, 5.41) is 13.5. The number of rotatable bonds is 5. The number of esters is 1. The highest BCUT2D eigenvalue weighted by molar-refractivity contribution is 5.94. The maximum Gasteiger partial charge on any atom is 0.341 e. The lowest BCUT2D eigenvalue weighted by atomic mass is 10.1. The van der Waals surface area contributed by atoms with Gasteiger partial charge in [-0.2, -0.15) is 5.26 Å². The molecule has 6 nitrogen and oxygen atoms in total. The molecule has 0 aliphatic rings. The molecule has 0 unspecified atom stereocenters. The molecule has 1 heterocycles. The summed E-state index contributed by atoms with van der Waals surface area (Å²) in [6.07, 6.45) is 1.55. The molecule has 26 heavy (non-hydrogen) atoms. The van der Waals surface area contributed by atoms with Crippen LogP contribution in [0, 0.1) is 11.3 Å². The standard InChI is InChI=1S/C20H17N3O3/c1-25-18-8-7-13(9-16(18)20(24)26-2)11-23-19-14(10-21)12-22-17-6-4-3-5-15(17)19/h3-9,12H,11H2,1-2H3,(H,22,23). The van der Waals surface area contributed by atoms with Crippen molar-refractivity contribution in [3.8, 4) is 11.8 Å². The number of nitrogens with one attached hydrogen (secondary N) is 1. The van der Waals surface area contributed by atoms with Gasteiger partial charge in [-0.15, -0.1) is 0 Å². The van der Waals surface area contributed by atoms with Crippen molar-refractivity contribution in [2.45, 2.75) is 6.54 Å². The molecule has 0 aliphatic heterocycles. The first-order valence-electron chi connectivity index (χ1n) is 7.95. The molecule has 0 amide bonds. The Hall–Kier alpha value is -3.59. The van der Waals surface area contributed by atoms with Gasteiger partial charge in [0.1, 0.15) is 17.4 Å². The van der Waals surface area contributed by atoms with Crippen LogP contribution in [0.1, 0.15) is 21.5 Å². The third kappa shape index (κ3) is 3.28. The second-order valence-corrected chi connectivity index (χ2v) is 5.56. The fourth-order valence-electron chi connectivity index (χ4n) is 2.74. The molecule has 0 spiro atoms. The van der Waals surface area contributed by atoms with Crippen molar-refractivity contribution in [3.05, 3.63) is 65.4 Å². The summed E-state index contributed by atoms with van der Waals surface area (Å²) in [4.78, 5) is 16.2. The minimum atomic E-state index is -0.462. The summed E-state index contributed by atoms with van der Waals surface area (Å²) in [6.45, 7) is 0.427. The molecule has 1 aromatic heterocycles. The third-order valence-electron chi connectivity index (χ3n) is 4.03. The lowest BCUT2D eigenvalue weighted by molar-refractivity contribution is 0.0597. The van der Waals surface area contributed by atoms with Crippen molar-refractivity contribution in [1.82, 2.24) is 4.98 Å². The topological polar surface area (TPSA) is 84.2 Å². The van der Waals surface area contributed by atoms with E-state index < -0.39 is 5.97 Å². The van der Waals surface area contributed by atoms with Crippen LogP contribution in [-0.4, -0.2) is 25.2 Å². The predicted molar refractivity (Wildman–Crippen MR) is 98.1 cm³/mol. The van der Waals surface area contributed by atoms with E-state index in [1.165, 1.54) is 14.2 Å². The highest BCUT2D eigenvalue weighted by Crippen LogP contribution is 2.27. The van der Waals surface area contributed by atoms with E-state index in [-0.39, 0.29) is 0 Å². The summed E-state index contributed by atoms with van der Waals surface area (Å²) in [6, 6.07) is 15.1. The van der Waals surface area contributed by atoms with E-state index in [4.69, 9.17) is 9.47 Å². The van der Waals surface area contributed by atoms with Gasteiger partial charge in [0.05, 0.1) is 31.0 Å². The Bertz CT molecular complexity index is 1010. The normalized spacial score (nSPS) is 10.2. The highest BCUT2D eigenvalue weighted by atomic mass is 16.5. The minimum Gasteiger partial charge on any atom is -0.496 e. The number of benzene rings is 2. The van der Waals surface area contributed by atoms with Gasteiger partial charge in [0.15, 0.2) is 0 Å². The number of para-hydroxylation sites is 1. The fourth-order valence-corrected chi connectivity index (χ4v) is 2.74. The Kier molecular flexibility index (Phi) is 4.99.